The highest BCUT2D eigenvalue weighted by atomic mass is 19.1. The minimum Gasteiger partial charge on any atom is -0.478 e. The molecule has 2 aromatic rings. The lowest BCUT2D eigenvalue weighted by molar-refractivity contribution is 0.0696. The van der Waals surface area contributed by atoms with Crippen LogP contribution in [0.25, 0.3) is 0 Å². The quantitative estimate of drug-likeness (QED) is 0.910. The molecule has 0 aliphatic heterocycles. The highest BCUT2D eigenvalue weighted by molar-refractivity contribution is 5.87. The van der Waals surface area contributed by atoms with E-state index in [-0.39, 0.29) is 29.1 Å². The lowest BCUT2D eigenvalue weighted by Gasteiger charge is -2.06. The van der Waals surface area contributed by atoms with Crippen LogP contribution in [0.1, 0.15) is 27.3 Å². The van der Waals surface area contributed by atoms with Crippen molar-refractivity contribution in [3.8, 4) is 12.1 Å². The molecular weight excluding hydrogens is 263 g/mol. The van der Waals surface area contributed by atoms with Gasteiger partial charge in [0.15, 0.2) is 11.4 Å². The average Bonchev–Trinajstić information content (AvgIpc) is 2.82. The number of nitriles is 2. The first kappa shape index (κ1) is 13.2. The molecule has 6 nitrogen and oxygen atoms in total. The van der Waals surface area contributed by atoms with Crippen LogP contribution in [0, 0.1) is 28.5 Å². The molecule has 0 saturated heterocycles. The molecule has 0 bridgehead atoms. The number of carboxylic acid groups (broad SMARTS) is 1. The molecule has 0 aliphatic rings. The van der Waals surface area contributed by atoms with Crippen LogP contribution in [0.4, 0.5) is 4.39 Å². The van der Waals surface area contributed by atoms with Gasteiger partial charge in [-0.25, -0.2) is 14.2 Å². The number of hydrogen-bond donors (Lipinski definition) is 1. The standard InChI is InChI=1S/C13H7FN4O2/c14-10-2-1-8(13(19)20)3-9(10)6-18-7-17-11(4-15)12(18)5-16/h1-3,7H,6H2,(H,19,20). The van der Waals surface area contributed by atoms with Crippen LogP contribution < -0.4 is 0 Å². The maximum atomic E-state index is 13.7. The lowest BCUT2D eigenvalue weighted by Crippen LogP contribution is -2.06. The maximum absolute atomic E-state index is 13.7. The molecule has 0 amide bonds. The predicted octanol–water partition coefficient (Wildman–Crippen LogP) is 1.51. The Morgan fingerprint density at radius 1 is 1.40 bits per heavy atom. The Balaban J connectivity index is 2.43. The zero-order valence-electron chi connectivity index (χ0n) is 10.0. The number of imidazole rings is 1. The molecule has 98 valence electrons. The Labute approximate surface area is 112 Å². The van der Waals surface area contributed by atoms with Gasteiger partial charge in [-0.15, -0.1) is 0 Å². The summed E-state index contributed by atoms with van der Waals surface area (Å²) in [6.45, 7) is -0.0788. The second-order valence-corrected chi connectivity index (χ2v) is 3.90. The monoisotopic (exact) mass is 270 g/mol. The Hall–Kier alpha value is -3.19. The van der Waals surface area contributed by atoms with E-state index >= 15 is 0 Å². The zero-order chi connectivity index (χ0) is 14.7. The van der Waals surface area contributed by atoms with Crippen LogP contribution in [-0.2, 0) is 6.54 Å². The molecule has 20 heavy (non-hydrogen) atoms. The van der Waals surface area contributed by atoms with Crippen molar-refractivity contribution in [1.29, 1.82) is 10.5 Å². The number of aromatic nitrogens is 2. The first-order valence-electron chi connectivity index (χ1n) is 5.44. The molecule has 0 saturated carbocycles. The van der Waals surface area contributed by atoms with Crippen molar-refractivity contribution in [2.45, 2.75) is 6.54 Å². The van der Waals surface area contributed by atoms with Crippen LogP contribution in [0.5, 0.6) is 0 Å². The number of aromatic carboxylic acids is 1. The van der Waals surface area contributed by atoms with E-state index in [2.05, 4.69) is 4.98 Å². The van der Waals surface area contributed by atoms with Gasteiger partial charge in [0.1, 0.15) is 18.0 Å². The van der Waals surface area contributed by atoms with Crippen LogP contribution in [0.15, 0.2) is 24.5 Å². The Morgan fingerprint density at radius 3 is 2.75 bits per heavy atom. The van der Waals surface area contributed by atoms with Crippen LogP contribution >= 0.6 is 0 Å². The minimum atomic E-state index is -1.17. The second-order valence-electron chi connectivity index (χ2n) is 3.90. The first-order valence-corrected chi connectivity index (χ1v) is 5.44. The van der Waals surface area contributed by atoms with Crippen molar-refractivity contribution in [2.24, 2.45) is 0 Å². The van der Waals surface area contributed by atoms with E-state index < -0.39 is 11.8 Å². The van der Waals surface area contributed by atoms with E-state index in [0.29, 0.717) is 0 Å². The predicted molar refractivity (Wildman–Crippen MR) is 64.1 cm³/mol. The molecule has 0 fully saturated rings. The zero-order valence-corrected chi connectivity index (χ0v) is 10.0. The Morgan fingerprint density at radius 2 is 2.15 bits per heavy atom. The van der Waals surface area contributed by atoms with Gasteiger partial charge in [0.25, 0.3) is 0 Å². The summed E-state index contributed by atoms with van der Waals surface area (Å²) in [6, 6.07) is 6.95. The van der Waals surface area contributed by atoms with Gasteiger partial charge in [0.2, 0.25) is 0 Å². The summed E-state index contributed by atoms with van der Waals surface area (Å²) in [7, 11) is 0. The van der Waals surface area contributed by atoms with Gasteiger partial charge in [-0.3, -0.25) is 0 Å². The van der Waals surface area contributed by atoms with Gasteiger partial charge in [-0.1, -0.05) is 0 Å². The Bertz CT molecular complexity index is 768. The number of halogens is 1. The lowest BCUT2D eigenvalue weighted by atomic mass is 10.1. The van der Waals surface area contributed by atoms with Gasteiger partial charge in [-0.2, -0.15) is 10.5 Å². The van der Waals surface area contributed by atoms with Crippen molar-refractivity contribution in [3.05, 3.63) is 52.9 Å². The van der Waals surface area contributed by atoms with E-state index in [9.17, 15) is 9.18 Å². The summed E-state index contributed by atoms with van der Waals surface area (Å²) in [5.41, 5.74) is -0.00116. The summed E-state index contributed by atoms with van der Waals surface area (Å²) in [5, 5.41) is 26.6. The molecule has 2 rings (SSSR count). The number of carboxylic acids is 1. The van der Waals surface area contributed by atoms with Crippen molar-refractivity contribution < 1.29 is 14.3 Å². The number of nitrogens with zero attached hydrogens (tertiary/aromatic N) is 4. The SMILES string of the molecule is N#Cc1ncn(Cc2cc(C(=O)O)ccc2F)c1C#N. The Kier molecular flexibility index (Phi) is 3.45. The van der Waals surface area contributed by atoms with Crippen molar-refractivity contribution >= 4 is 5.97 Å². The minimum absolute atomic E-state index is 0.00706. The molecule has 1 aromatic carbocycles. The summed E-state index contributed by atoms with van der Waals surface area (Å²) in [6.07, 6.45) is 1.24. The topological polar surface area (TPSA) is 103 Å². The molecule has 1 aromatic heterocycles. The van der Waals surface area contributed by atoms with Gasteiger partial charge < -0.3 is 9.67 Å². The molecule has 0 aliphatic carbocycles. The van der Waals surface area contributed by atoms with E-state index in [1.165, 1.54) is 17.0 Å². The highest BCUT2D eigenvalue weighted by Gasteiger charge is 2.13. The van der Waals surface area contributed by atoms with E-state index in [1.807, 2.05) is 6.07 Å². The second kappa shape index (κ2) is 5.21. The highest BCUT2D eigenvalue weighted by Crippen LogP contribution is 2.15. The summed E-state index contributed by atoms with van der Waals surface area (Å²) in [5.74, 6) is -1.76. The third-order valence-electron chi connectivity index (χ3n) is 2.68. The van der Waals surface area contributed by atoms with E-state index in [0.717, 1.165) is 12.1 Å². The normalized spacial score (nSPS) is 9.75. The maximum Gasteiger partial charge on any atom is 0.335 e. The molecule has 7 heteroatoms. The molecular formula is C13H7FN4O2. The fourth-order valence-electron chi connectivity index (χ4n) is 1.71. The van der Waals surface area contributed by atoms with Gasteiger partial charge >= 0.3 is 5.97 Å². The largest absolute Gasteiger partial charge is 0.478 e. The molecule has 1 heterocycles. The number of carbonyl (C=O) groups is 1. The summed E-state index contributed by atoms with van der Waals surface area (Å²) < 4.78 is 15.0. The average molecular weight is 270 g/mol. The molecule has 0 spiro atoms. The third kappa shape index (κ3) is 2.33. The fourth-order valence-corrected chi connectivity index (χ4v) is 1.71. The van der Waals surface area contributed by atoms with Crippen LogP contribution in [-0.4, -0.2) is 20.6 Å². The fraction of sp³-hybridized carbons (Fsp3) is 0.0769. The third-order valence-corrected chi connectivity index (χ3v) is 2.68. The van der Waals surface area contributed by atoms with Gasteiger partial charge in [0.05, 0.1) is 18.4 Å². The van der Waals surface area contributed by atoms with Crippen molar-refractivity contribution in [1.82, 2.24) is 9.55 Å². The smallest absolute Gasteiger partial charge is 0.335 e. The van der Waals surface area contributed by atoms with Gasteiger partial charge in [-0.05, 0) is 18.2 Å². The van der Waals surface area contributed by atoms with Crippen LogP contribution in [0.2, 0.25) is 0 Å². The van der Waals surface area contributed by atoms with E-state index in [4.69, 9.17) is 15.6 Å². The summed E-state index contributed by atoms with van der Waals surface area (Å²) >= 11 is 0. The van der Waals surface area contributed by atoms with Crippen molar-refractivity contribution in [2.75, 3.05) is 0 Å². The number of benzene rings is 1. The molecule has 0 unspecified atom stereocenters. The van der Waals surface area contributed by atoms with Gasteiger partial charge in [0, 0.05) is 5.56 Å². The molecule has 0 radical (unpaired) electrons. The van der Waals surface area contributed by atoms with E-state index in [1.54, 1.807) is 6.07 Å². The first-order chi connectivity index (χ1) is 9.56. The van der Waals surface area contributed by atoms with Crippen molar-refractivity contribution in [3.63, 3.8) is 0 Å². The summed E-state index contributed by atoms with van der Waals surface area (Å²) in [4.78, 5) is 14.6. The molecule has 1 N–H and O–H groups in total. The number of hydrogen-bond acceptors (Lipinski definition) is 4. The number of rotatable bonds is 3. The van der Waals surface area contributed by atoms with Crippen LogP contribution in [0.3, 0.4) is 0 Å². The molecule has 0 atom stereocenters.